The van der Waals surface area contributed by atoms with E-state index in [1.54, 1.807) is 0 Å². The molecule has 13 heavy (non-hydrogen) atoms. The fourth-order valence-electron chi connectivity index (χ4n) is 1.77. The molecule has 0 aliphatic heterocycles. The minimum absolute atomic E-state index is 0.132. The maximum atomic E-state index is 5.55. The van der Waals surface area contributed by atoms with Gasteiger partial charge in [0.05, 0.1) is 0 Å². The van der Waals surface area contributed by atoms with Crippen LogP contribution in [0.15, 0.2) is 12.2 Å². The molecule has 0 aromatic carbocycles. The van der Waals surface area contributed by atoms with Crippen molar-refractivity contribution in [2.75, 3.05) is 0 Å². The molecule has 0 saturated heterocycles. The second-order valence-electron chi connectivity index (χ2n) is 4.65. The van der Waals surface area contributed by atoms with E-state index in [0.717, 1.165) is 16.4 Å². The van der Waals surface area contributed by atoms with Crippen LogP contribution in [0.1, 0.15) is 46.0 Å². The van der Waals surface area contributed by atoms with E-state index in [-0.39, 0.29) is 5.60 Å². The van der Waals surface area contributed by atoms with Crippen molar-refractivity contribution in [3.8, 4) is 0 Å². The minimum Gasteiger partial charge on any atom is -0.423 e. The Morgan fingerprint density at radius 3 is 2.77 bits per heavy atom. The summed E-state index contributed by atoms with van der Waals surface area (Å²) < 4.78 is 5.55. The third kappa shape index (κ3) is 4.10. The maximum absolute atomic E-state index is 5.55. The highest BCUT2D eigenvalue weighted by Gasteiger charge is 2.18. The molecule has 0 amide bonds. The highest BCUT2D eigenvalue weighted by atomic mass is 28.2. The van der Waals surface area contributed by atoms with Crippen LogP contribution in [0, 0.1) is 5.92 Å². The first kappa shape index (κ1) is 11.0. The Balaban J connectivity index is 2.22. The van der Waals surface area contributed by atoms with Crippen LogP contribution in [0.3, 0.4) is 0 Å². The standard InChI is InChI=1S/C11H22OSi/c1-11(2,12-13)9-8-10-6-4-3-5-7-10/h3-4,10H,5-9H2,1-2,13H3. The molecule has 0 fully saturated rings. The van der Waals surface area contributed by atoms with Gasteiger partial charge in [-0.15, -0.1) is 0 Å². The molecule has 0 N–H and O–H groups in total. The van der Waals surface area contributed by atoms with Crippen LogP contribution in [0.2, 0.25) is 0 Å². The summed E-state index contributed by atoms with van der Waals surface area (Å²) in [5.74, 6) is 0.918. The molecular weight excluding hydrogens is 176 g/mol. The van der Waals surface area contributed by atoms with Gasteiger partial charge in [0.15, 0.2) is 0 Å². The Hall–Kier alpha value is -0.0831. The summed E-state index contributed by atoms with van der Waals surface area (Å²) in [6.07, 6.45) is 11.2. The molecule has 1 nitrogen and oxygen atoms in total. The van der Waals surface area contributed by atoms with Crippen molar-refractivity contribution in [3.63, 3.8) is 0 Å². The van der Waals surface area contributed by atoms with Crippen molar-refractivity contribution in [2.45, 2.75) is 51.6 Å². The molecule has 1 aliphatic carbocycles. The summed E-state index contributed by atoms with van der Waals surface area (Å²) in [4.78, 5) is 0. The molecule has 0 radical (unpaired) electrons. The fraction of sp³-hybridized carbons (Fsp3) is 0.818. The third-order valence-electron chi connectivity index (χ3n) is 3.08. The molecule has 0 saturated carbocycles. The summed E-state index contributed by atoms with van der Waals surface area (Å²) in [6, 6.07) is 0. The van der Waals surface area contributed by atoms with Crippen molar-refractivity contribution < 1.29 is 4.43 Å². The molecule has 1 rings (SSSR count). The first-order chi connectivity index (χ1) is 6.14. The summed E-state index contributed by atoms with van der Waals surface area (Å²) >= 11 is 0. The van der Waals surface area contributed by atoms with Crippen molar-refractivity contribution in [1.82, 2.24) is 0 Å². The van der Waals surface area contributed by atoms with Gasteiger partial charge in [-0.05, 0) is 51.9 Å². The molecule has 0 bridgehead atoms. The Kier molecular flexibility index (Phi) is 4.20. The molecule has 0 heterocycles. The van der Waals surface area contributed by atoms with Crippen LogP contribution < -0.4 is 0 Å². The Labute approximate surface area is 85.1 Å². The normalized spacial score (nSPS) is 23.7. The van der Waals surface area contributed by atoms with E-state index in [1.165, 1.54) is 32.1 Å². The van der Waals surface area contributed by atoms with Gasteiger partial charge in [0.2, 0.25) is 0 Å². The van der Waals surface area contributed by atoms with E-state index in [2.05, 4.69) is 26.0 Å². The van der Waals surface area contributed by atoms with Gasteiger partial charge in [-0.3, -0.25) is 0 Å². The molecule has 0 spiro atoms. The number of rotatable bonds is 4. The predicted molar refractivity (Wildman–Crippen MR) is 60.8 cm³/mol. The average molecular weight is 198 g/mol. The summed E-state index contributed by atoms with van der Waals surface area (Å²) in [5.41, 5.74) is 0.132. The lowest BCUT2D eigenvalue weighted by atomic mass is 9.87. The number of hydrogen-bond donors (Lipinski definition) is 0. The van der Waals surface area contributed by atoms with Crippen molar-refractivity contribution in [2.24, 2.45) is 5.92 Å². The lowest BCUT2D eigenvalue weighted by molar-refractivity contribution is 0.103. The van der Waals surface area contributed by atoms with E-state index in [4.69, 9.17) is 4.43 Å². The van der Waals surface area contributed by atoms with Crippen molar-refractivity contribution >= 4 is 10.5 Å². The van der Waals surface area contributed by atoms with Gasteiger partial charge in [0, 0.05) is 5.60 Å². The Bertz CT molecular complexity index is 175. The summed E-state index contributed by atoms with van der Waals surface area (Å²) in [5, 5.41) is 0. The van der Waals surface area contributed by atoms with Gasteiger partial charge in [0.25, 0.3) is 0 Å². The number of hydrogen-bond acceptors (Lipinski definition) is 1. The zero-order valence-electron chi connectivity index (χ0n) is 9.18. The molecule has 0 aromatic rings. The van der Waals surface area contributed by atoms with Gasteiger partial charge >= 0.3 is 0 Å². The van der Waals surface area contributed by atoms with Gasteiger partial charge in [0.1, 0.15) is 10.5 Å². The fourth-order valence-corrected chi connectivity index (χ4v) is 1.98. The van der Waals surface area contributed by atoms with E-state index in [0.29, 0.717) is 0 Å². The Morgan fingerprint density at radius 1 is 1.46 bits per heavy atom. The zero-order valence-corrected chi connectivity index (χ0v) is 11.2. The molecule has 1 unspecified atom stereocenters. The lowest BCUT2D eigenvalue weighted by Gasteiger charge is -2.27. The van der Waals surface area contributed by atoms with E-state index < -0.39 is 0 Å². The largest absolute Gasteiger partial charge is 0.423 e. The van der Waals surface area contributed by atoms with E-state index in [9.17, 15) is 0 Å². The topological polar surface area (TPSA) is 9.23 Å². The number of allylic oxidation sites excluding steroid dienone is 2. The zero-order chi connectivity index (χ0) is 9.73. The monoisotopic (exact) mass is 198 g/mol. The molecule has 2 heteroatoms. The highest BCUT2D eigenvalue weighted by Crippen LogP contribution is 2.26. The van der Waals surface area contributed by atoms with Crippen LogP contribution in [0.4, 0.5) is 0 Å². The van der Waals surface area contributed by atoms with Crippen LogP contribution in [-0.4, -0.2) is 16.1 Å². The van der Waals surface area contributed by atoms with Gasteiger partial charge in [-0.2, -0.15) is 0 Å². The first-order valence-corrected chi connectivity index (χ1v) is 6.16. The second kappa shape index (κ2) is 4.96. The quantitative estimate of drug-likeness (QED) is 0.497. The van der Waals surface area contributed by atoms with Crippen LogP contribution in [0.25, 0.3) is 0 Å². The van der Waals surface area contributed by atoms with Crippen LogP contribution in [0.5, 0.6) is 0 Å². The smallest absolute Gasteiger partial charge is 0.146 e. The van der Waals surface area contributed by atoms with E-state index >= 15 is 0 Å². The molecule has 1 atom stereocenters. The lowest BCUT2D eigenvalue weighted by Crippen LogP contribution is -2.24. The second-order valence-corrected chi connectivity index (χ2v) is 5.06. The highest BCUT2D eigenvalue weighted by molar-refractivity contribution is 5.98. The minimum atomic E-state index is 0.132. The van der Waals surface area contributed by atoms with Crippen molar-refractivity contribution in [1.29, 1.82) is 0 Å². The Morgan fingerprint density at radius 2 is 2.23 bits per heavy atom. The first-order valence-electron chi connectivity index (χ1n) is 5.34. The molecule has 1 aliphatic rings. The average Bonchev–Trinajstić information content (AvgIpc) is 2.17. The van der Waals surface area contributed by atoms with Crippen molar-refractivity contribution in [3.05, 3.63) is 12.2 Å². The van der Waals surface area contributed by atoms with Gasteiger partial charge in [-0.25, -0.2) is 0 Å². The summed E-state index contributed by atoms with van der Waals surface area (Å²) in [6.45, 7) is 4.41. The molecule has 76 valence electrons. The van der Waals surface area contributed by atoms with Crippen LogP contribution >= 0.6 is 0 Å². The van der Waals surface area contributed by atoms with Gasteiger partial charge in [-0.1, -0.05) is 12.2 Å². The summed E-state index contributed by atoms with van der Waals surface area (Å²) in [7, 11) is 0.861. The maximum Gasteiger partial charge on any atom is 0.146 e. The predicted octanol–water partition coefficient (Wildman–Crippen LogP) is 2.20. The molecular formula is C11H22OSi. The van der Waals surface area contributed by atoms with E-state index in [1.807, 2.05) is 0 Å². The van der Waals surface area contributed by atoms with Crippen LogP contribution in [-0.2, 0) is 4.43 Å². The molecule has 0 aromatic heterocycles. The van der Waals surface area contributed by atoms with Gasteiger partial charge < -0.3 is 4.43 Å². The SMILES string of the molecule is CC(C)(CCC1CC=CCC1)O[SiH3]. The third-order valence-corrected chi connectivity index (χ3v) is 4.19.